The molecule has 0 aliphatic carbocycles. The van der Waals surface area contributed by atoms with E-state index in [1.807, 2.05) is 0 Å². The number of hydrogen-bond acceptors (Lipinski definition) is 1. The zero-order valence-corrected chi connectivity index (χ0v) is 14.3. The Morgan fingerprint density at radius 3 is 2.11 bits per heavy atom. The van der Waals surface area contributed by atoms with E-state index in [2.05, 4.69) is 73.2 Å². The van der Waals surface area contributed by atoms with Crippen molar-refractivity contribution in [1.82, 2.24) is 5.32 Å². The number of rotatable bonds is 8. The average molecular weight is 326 g/mol. The molecule has 0 fully saturated rings. The van der Waals surface area contributed by atoms with Crippen LogP contribution in [0.5, 0.6) is 0 Å². The van der Waals surface area contributed by atoms with Gasteiger partial charge in [0.25, 0.3) is 0 Å². The molecule has 0 amide bonds. The monoisotopic (exact) mass is 325 g/mol. The van der Waals surface area contributed by atoms with Gasteiger partial charge in [-0.25, -0.2) is 0 Å². The minimum Gasteiger partial charge on any atom is -0.307 e. The Morgan fingerprint density at radius 2 is 1.63 bits per heavy atom. The summed E-state index contributed by atoms with van der Waals surface area (Å²) in [7, 11) is 0. The number of nitrogens with one attached hydrogen (secondary N) is 1. The van der Waals surface area contributed by atoms with Crippen LogP contribution >= 0.6 is 15.9 Å². The molecule has 0 aliphatic heterocycles. The molecule has 0 bridgehead atoms. The van der Waals surface area contributed by atoms with Crippen LogP contribution < -0.4 is 5.32 Å². The van der Waals surface area contributed by atoms with Crippen LogP contribution in [-0.2, 0) is 0 Å². The standard InChI is InChI=1S/C17H28BrN/c1-5-13(4)12-16(6-2)19-17(7-3)14-8-10-15(18)11-9-14/h8-11,13,16-17,19H,5-7,12H2,1-4H3. The Bertz CT molecular complexity index is 347. The van der Waals surface area contributed by atoms with Gasteiger partial charge in [-0.3, -0.25) is 0 Å². The highest BCUT2D eigenvalue weighted by Crippen LogP contribution is 2.22. The third-order valence-electron chi connectivity index (χ3n) is 3.99. The van der Waals surface area contributed by atoms with Gasteiger partial charge in [0.05, 0.1) is 0 Å². The van der Waals surface area contributed by atoms with Gasteiger partial charge in [-0.05, 0) is 42.9 Å². The first-order chi connectivity index (χ1) is 9.10. The zero-order valence-electron chi connectivity index (χ0n) is 12.7. The van der Waals surface area contributed by atoms with Crippen molar-refractivity contribution in [2.45, 2.75) is 65.5 Å². The summed E-state index contributed by atoms with van der Waals surface area (Å²) < 4.78 is 1.15. The molecule has 2 heteroatoms. The number of benzene rings is 1. The van der Waals surface area contributed by atoms with Crippen LogP contribution in [0, 0.1) is 5.92 Å². The van der Waals surface area contributed by atoms with Crippen LogP contribution in [0.3, 0.4) is 0 Å². The van der Waals surface area contributed by atoms with Crippen molar-refractivity contribution in [3.05, 3.63) is 34.3 Å². The fraction of sp³-hybridized carbons (Fsp3) is 0.647. The molecule has 0 spiro atoms. The van der Waals surface area contributed by atoms with Crippen molar-refractivity contribution in [2.75, 3.05) is 0 Å². The zero-order chi connectivity index (χ0) is 14.3. The second-order valence-corrected chi connectivity index (χ2v) is 6.45. The van der Waals surface area contributed by atoms with Gasteiger partial charge in [0, 0.05) is 16.6 Å². The molecule has 1 N–H and O–H groups in total. The van der Waals surface area contributed by atoms with Crippen molar-refractivity contribution in [3.8, 4) is 0 Å². The summed E-state index contributed by atoms with van der Waals surface area (Å²) in [5.41, 5.74) is 1.40. The lowest BCUT2D eigenvalue weighted by Gasteiger charge is -2.26. The van der Waals surface area contributed by atoms with Gasteiger partial charge in [-0.15, -0.1) is 0 Å². The highest BCUT2D eigenvalue weighted by Gasteiger charge is 2.16. The molecule has 0 saturated heterocycles. The van der Waals surface area contributed by atoms with E-state index in [-0.39, 0.29) is 0 Å². The van der Waals surface area contributed by atoms with Gasteiger partial charge in [0.2, 0.25) is 0 Å². The first-order valence-corrected chi connectivity index (χ1v) is 8.41. The van der Waals surface area contributed by atoms with E-state index in [9.17, 15) is 0 Å². The minimum absolute atomic E-state index is 0.474. The van der Waals surface area contributed by atoms with E-state index in [4.69, 9.17) is 0 Å². The molecular weight excluding hydrogens is 298 g/mol. The van der Waals surface area contributed by atoms with Crippen molar-refractivity contribution >= 4 is 15.9 Å². The molecule has 0 radical (unpaired) electrons. The predicted octanol–water partition coefficient (Wildman–Crippen LogP) is 5.70. The van der Waals surface area contributed by atoms with Gasteiger partial charge in [0.15, 0.2) is 0 Å². The van der Waals surface area contributed by atoms with Gasteiger partial charge < -0.3 is 5.32 Å². The predicted molar refractivity (Wildman–Crippen MR) is 88.5 cm³/mol. The van der Waals surface area contributed by atoms with Gasteiger partial charge in [0.1, 0.15) is 0 Å². The highest BCUT2D eigenvalue weighted by atomic mass is 79.9. The van der Waals surface area contributed by atoms with Crippen LogP contribution in [0.4, 0.5) is 0 Å². The van der Waals surface area contributed by atoms with E-state index in [1.165, 1.54) is 24.8 Å². The van der Waals surface area contributed by atoms with Crippen LogP contribution in [0.1, 0.15) is 65.0 Å². The van der Waals surface area contributed by atoms with E-state index in [0.29, 0.717) is 12.1 Å². The molecule has 1 nitrogen and oxygen atoms in total. The Hall–Kier alpha value is -0.340. The average Bonchev–Trinajstić information content (AvgIpc) is 2.44. The third-order valence-corrected chi connectivity index (χ3v) is 4.52. The topological polar surface area (TPSA) is 12.0 Å². The smallest absolute Gasteiger partial charge is 0.0320 e. The molecule has 0 saturated carbocycles. The SMILES string of the molecule is CCC(C)CC(CC)NC(CC)c1ccc(Br)cc1. The molecule has 1 aromatic carbocycles. The molecule has 0 aromatic heterocycles. The highest BCUT2D eigenvalue weighted by molar-refractivity contribution is 9.10. The number of hydrogen-bond donors (Lipinski definition) is 1. The lowest BCUT2D eigenvalue weighted by Crippen LogP contribution is -2.33. The second-order valence-electron chi connectivity index (χ2n) is 5.53. The molecule has 3 unspecified atom stereocenters. The summed E-state index contributed by atoms with van der Waals surface area (Å²) in [6.07, 6.45) is 4.89. The van der Waals surface area contributed by atoms with Crippen LogP contribution in [-0.4, -0.2) is 6.04 Å². The van der Waals surface area contributed by atoms with Crippen LogP contribution in [0.25, 0.3) is 0 Å². The maximum absolute atomic E-state index is 3.84. The summed E-state index contributed by atoms with van der Waals surface area (Å²) in [5.74, 6) is 0.805. The van der Waals surface area contributed by atoms with Gasteiger partial charge >= 0.3 is 0 Å². The van der Waals surface area contributed by atoms with Crippen LogP contribution in [0.15, 0.2) is 28.7 Å². The lowest BCUT2D eigenvalue weighted by atomic mass is 9.95. The molecule has 0 aliphatic rings. The molecule has 1 rings (SSSR count). The summed E-state index contributed by atoms with van der Waals surface area (Å²) in [5, 5.41) is 3.84. The van der Waals surface area contributed by atoms with Crippen LogP contribution in [0.2, 0.25) is 0 Å². The summed E-state index contributed by atoms with van der Waals surface area (Å²) in [6.45, 7) is 9.18. The van der Waals surface area contributed by atoms with E-state index >= 15 is 0 Å². The maximum Gasteiger partial charge on any atom is 0.0320 e. The van der Waals surface area contributed by atoms with E-state index in [1.54, 1.807) is 0 Å². The molecule has 19 heavy (non-hydrogen) atoms. The lowest BCUT2D eigenvalue weighted by molar-refractivity contribution is 0.346. The molecule has 0 heterocycles. The Morgan fingerprint density at radius 1 is 1.00 bits per heavy atom. The normalized spacial score (nSPS) is 16.1. The summed E-state index contributed by atoms with van der Waals surface area (Å²) in [6, 6.07) is 9.82. The van der Waals surface area contributed by atoms with Crippen molar-refractivity contribution in [1.29, 1.82) is 0 Å². The third kappa shape index (κ3) is 5.66. The molecule has 1 aromatic rings. The van der Waals surface area contributed by atoms with Crippen molar-refractivity contribution in [2.24, 2.45) is 5.92 Å². The summed E-state index contributed by atoms with van der Waals surface area (Å²) >= 11 is 3.50. The van der Waals surface area contributed by atoms with Gasteiger partial charge in [-0.1, -0.05) is 62.2 Å². The summed E-state index contributed by atoms with van der Waals surface area (Å²) in [4.78, 5) is 0. The Kier molecular flexibility index (Phi) is 7.70. The largest absolute Gasteiger partial charge is 0.307 e. The Labute approximate surface area is 127 Å². The van der Waals surface area contributed by atoms with Crippen molar-refractivity contribution in [3.63, 3.8) is 0 Å². The minimum atomic E-state index is 0.474. The fourth-order valence-electron chi connectivity index (χ4n) is 2.43. The van der Waals surface area contributed by atoms with Gasteiger partial charge in [-0.2, -0.15) is 0 Å². The van der Waals surface area contributed by atoms with Crippen molar-refractivity contribution < 1.29 is 0 Å². The first-order valence-electron chi connectivity index (χ1n) is 7.62. The fourth-order valence-corrected chi connectivity index (χ4v) is 2.70. The first kappa shape index (κ1) is 16.7. The quantitative estimate of drug-likeness (QED) is 0.646. The van der Waals surface area contributed by atoms with E-state index < -0.39 is 0 Å². The molecule has 108 valence electrons. The van der Waals surface area contributed by atoms with E-state index in [0.717, 1.165) is 16.8 Å². The maximum atomic E-state index is 3.84. The second kappa shape index (κ2) is 8.76. The molecule has 3 atom stereocenters. The molecular formula is C17H28BrN. The number of halogens is 1. The Balaban J connectivity index is 2.66.